The van der Waals surface area contributed by atoms with Crippen molar-refractivity contribution in [2.75, 3.05) is 39.0 Å². The molecule has 0 amide bonds. The third-order valence-corrected chi connectivity index (χ3v) is 4.15. The van der Waals surface area contributed by atoms with E-state index in [1.165, 1.54) is 38.6 Å². The Morgan fingerprint density at radius 3 is 2.67 bits per heavy atom. The number of hydrogen-bond donors (Lipinski definition) is 2. The van der Waals surface area contributed by atoms with Gasteiger partial charge in [0.05, 0.1) is 6.26 Å². The molecule has 1 fully saturated rings. The summed E-state index contributed by atoms with van der Waals surface area (Å²) < 4.78 is 24.3. The van der Waals surface area contributed by atoms with E-state index in [0.717, 1.165) is 19.5 Å². The molecule has 2 N–H and O–H groups in total. The zero-order chi connectivity index (χ0) is 13.4. The lowest BCUT2D eigenvalue weighted by molar-refractivity contribution is 0.297. The van der Waals surface area contributed by atoms with Crippen molar-refractivity contribution >= 4 is 10.0 Å². The number of sulfonamides is 1. The fourth-order valence-electron chi connectivity index (χ4n) is 2.33. The Kier molecular flexibility index (Phi) is 7.14. The van der Waals surface area contributed by atoms with Crippen molar-refractivity contribution in [3.8, 4) is 0 Å². The van der Waals surface area contributed by atoms with Crippen LogP contribution in [0.25, 0.3) is 0 Å². The van der Waals surface area contributed by atoms with Crippen LogP contribution in [0.2, 0.25) is 0 Å². The molecule has 1 unspecified atom stereocenters. The third kappa shape index (κ3) is 7.31. The lowest BCUT2D eigenvalue weighted by atomic mass is 10.1. The van der Waals surface area contributed by atoms with Crippen LogP contribution in [0.15, 0.2) is 0 Å². The van der Waals surface area contributed by atoms with Crippen molar-refractivity contribution < 1.29 is 8.42 Å². The molecule has 0 radical (unpaired) electrons. The van der Waals surface area contributed by atoms with Crippen molar-refractivity contribution in [3.05, 3.63) is 0 Å². The SMILES string of the molecule is CCN1CCCC(NCCCNS(C)(=O)=O)CC1. The average molecular weight is 277 g/mol. The van der Waals surface area contributed by atoms with Crippen molar-refractivity contribution in [2.45, 2.75) is 38.6 Å². The van der Waals surface area contributed by atoms with Gasteiger partial charge in [-0.3, -0.25) is 0 Å². The van der Waals surface area contributed by atoms with Gasteiger partial charge < -0.3 is 10.2 Å². The van der Waals surface area contributed by atoms with E-state index in [1.807, 2.05) is 0 Å². The van der Waals surface area contributed by atoms with Crippen molar-refractivity contribution in [1.29, 1.82) is 0 Å². The van der Waals surface area contributed by atoms with E-state index < -0.39 is 10.0 Å². The van der Waals surface area contributed by atoms with Crippen LogP contribution in [0, 0.1) is 0 Å². The highest BCUT2D eigenvalue weighted by atomic mass is 32.2. The highest BCUT2D eigenvalue weighted by Crippen LogP contribution is 2.10. The molecular weight excluding hydrogens is 250 g/mol. The molecule has 0 aromatic carbocycles. The minimum Gasteiger partial charge on any atom is -0.314 e. The standard InChI is InChI=1S/C12H27N3O2S/c1-3-15-10-4-6-12(7-11-15)13-8-5-9-14-18(2,16)17/h12-14H,3-11H2,1-2H3. The lowest BCUT2D eigenvalue weighted by Crippen LogP contribution is -2.33. The van der Waals surface area contributed by atoms with Crippen LogP contribution in [-0.4, -0.2) is 58.3 Å². The molecule has 0 aromatic rings. The Morgan fingerprint density at radius 2 is 2.00 bits per heavy atom. The first-order chi connectivity index (χ1) is 8.51. The van der Waals surface area contributed by atoms with Gasteiger partial charge in [-0.1, -0.05) is 6.92 Å². The van der Waals surface area contributed by atoms with Crippen LogP contribution in [0.5, 0.6) is 0 Å². The second kappa shape index (κ2) is 8.09. The number of likely N-dealkylation sites (tertiary alicyclic amines) is 1. The van der Waals surface area contributed by atoms with Gasteiger partial charge in [0.1, 0.15) is 0 Å². The molecular formula is C12H27N3O2S. The summed E-state index contributed by atoms with van der Waals surface area (Å²) in [5, 5.41) is 3.53. The van der Waals surface area contributed by atoms with Crippen LogP contribution < -0.4 is 10.0 Å². The summed E-state index contributed by atoms with van der Waals surface area (Å²) in [5.41, 5.74) is 0. The Morgan fingerprint density at radius 1 is 1.22 bits per heavy atom. The number of rotatable bonds is 7. The summed E-state index contributed by atoms with van der Waals surface area (Å²) in [6.07, 6.45) is 5.74. The van der Waals surface area contributed by atoms with E-state index in [1.54, 1.807) is 0 Å². The van der Waals surface area contributed by atoms with E-state index in [2.05, 4.69) is 21.9 Å². The van der Waals surface area contributed by atoms with Gasteiger partial charge >= 0.3 is 0 Å². The Hall–Kier alpha value is -0.170. The first-order valence-electron chi connectivity index (χ1n) is 6.91. The lowest BCUT2D eigenvalue weighted by Gasteiger charge is -2.18. The van der Waals surface area contributed by atoms with Crippen molar-refractivity contribution in [3.63, 3.8) is 0 Å². The van der Waals surface area contributed by atoms with Gasteiger partial charge in [-0.05, 0) is 51.9 Å². The molecule has 1 rings (SSSR count). The fraction of sp³-hybridized carbons (Fsp3) is 1.00. The molecule has 1 atom stereocenters. The molecule has 0 spiro atoms. The molecule has 1 aliphatic rings. The normalized spacial score (nSPS) is 22.9. The molecule has 1 saturated heterocycles. The Balaban J connectivity index is 2.08. The summed E-state index contributed by atoms with van der Waals surface area (Å²) in [4.78, 5) is 2.49. The van der Waals surface area contributed by atoms with Gasteiger partial charge in [0, 0.05) is 12.6 Å². The molecule has 0 aliphatic carbocycles. The summed E-state index contributed by atoms with van der Waals surface area (Å²) in [6, 6.07) is 0.597. The topological polar surface area (TPSA) is 61.4 Å². The highest BCUT2D eigenvalue weighted by Gasteiger charge is 2.14. The van der Waals surface area contributed by atoms with Gasteiger partial charge in [-0.2, -0.15) is 0 Å². The molecule has 0 saturated carbocycles. The van der Waals surface area contributed by atoms with Gasteiger partial charge in [-0.15, -0.1) is 0 Å². The first kappa shape index (κ1) is 15.9. The number of nitrogens with zero attached hydrogens (tertiary/aromatic N) is 1. The quantitative estimate of drug-likeness (QED) is 0.661. The minimum absolute atomic E-state index is 0.527. The molecule has 18 heavy (non-hydrogen) atoms. The maximum atomic E-state index is 10.9. The van der Waals surface area contributed by atoms with E-state index in [0.29, 0.717) is 12.6 Å². The smallest absolute Gasteiger partial charge is 0.208 e. The second-order valence-corrected chi connectivity index (χ2v) is 6.87. The van der Waals surface area contributed by atoms with Crippen molar-refractivity contribution in [1.82, 2.24) is 14.9 Å². The van der Waals surface area contributed by atoms with Gasteiger partial charge in [0.25, 0.3) is 0 Å². The zero-order valence-electron chi connectivity index (χ0n) is 11.6. The van der Waals surface area contributed by atoms with E-state index in [4.69, 9.17) is 0 Å². The number of hydrogen-bond acceptors (Lipinski definition) is 4. The summed E-state index contributed by atoms with van der Waals surface area (Å²) in [5.74, 6) is 0. The minimum atomic E-state index is -3.03. The van der Waals surface area contributed by atoms with E-state index in [9.17, 15) is 8.42 Å². The van der Waals surface area contributed by atoms with E-state index >= 15 is 0 Å². The second-order valence-electron chi connectivity index (χ2n) is 5.04. The molecule has 1 heterocycles. The van der Waals surface area contributed by atoms with E-state index in [-0.39, 0.29) is 0 Å². The van der Waals surface area contributed by atoms with Gasteiger partial charge in [0.15, 0.2) is 0 Å². The van der Waals surface area contributed by atoms with Gasteiger partial charge in [0.2, 0.25) is 10.0 Å². The predicted molar refractivity (Wildman–Crippen MR) is 75.2 cm³/mol. The largest absolute Gasteiger partial charge is 0.314 e. The fourth-order valence-corrected chi connectivity index (χ4v) is 2.84. The number of nitrogens with one attached hydrogen (secondary N) is 2. The molecule has 0 aromatic heterocycles. The summed E-state index contributed by atoms with van der Waals surface area (Å²) in [7, 11) is -3.03. The Bertz CT molecular complexity index is 319. The van der Waals surface area contributed by atoms with Crippen LogP contribution in [0.1, 0.15) is 32.6 Å². The van der Waals surface area contributed by atoms with Crippen LogP contribution in [-0.2, 0) is 10.0 Å². The molecule has 0 bridgehead atoms. The molecule has 1 aliphatic heterocycles. The average Bonchev–Trinajstić information content (AvgIpc) is 2.52. The summed E-state index contributed by atoms with van der Waals surface area (Å²) >= 11 is 0. The maximum Gasteiger partial charge on any atom is 0.208 e. The molecule has 108 valence electrons. The van der Waals surface area contributed by atoms with Gasteiger partial charge in [-0.25, -0.2) is 13.1 Å². The van der Waals surface area contributed by atoms with Crippen LogP contribution in [0.4, 0.5) is 0 Å². The molecule has 5 nitrogen and oxygen atoms in total. The Labute approximate surface area is 111 Å². The monoisotopic (exact) mass is 277 g/mol. The predicted octanol–water partition coefficient (Wildman–Crippen LogP) is 0.390. The highest BCUT2D eigenvalue weighted by molar-refractivity contribution is 7.88. The summed E-state index contributed by atoms with van der Waals surface area (Å²) in [6.45, 7) is 7.16. The first-order valence-corrected chi connectivity index (χ1v) is 8.81. The van der Waals surface area contributed by atoms with Crippen LogP contribution >= 0.6 is 0 Å². The maximum absolute atomic E-state index is 10.9. The molecule has 6 heteroatoms. The third-order valence-electron chi connectivity index (χ3n) is 3.42. The van der Waals surface area contributed by atoms with Crippen molar-refractivity contribution in [2.24, 2.45) is 0 Å². The van der Waals surface area contributed by atoms with Crippen LogP contribution in [0.3, 0.4) is 0 Å². The zero-order valence-corrected chi connectivity index (χ0v) is 12.4.